The fourth-order valence-corrected chi connectivity index (χ4v) is 3.03. The van der Waals surface area contributed by atoms with E-state index in [4.69, 9.17) is 9.99 Å². The molecule has 156 valence electrons. The predicted octanol–water partition coefficient (Wildman–Crippen LogP) is 6.97. The Morgan fingerprint density at radius 1 is 0.741 bits per heavy atom. The molecular weight excluding hydrogens is 388 g/mol. The summed E-state index contributed by atoms with van der Waals surface area (Å²) in [5.74, 6) is -7.80. The lowest BCUT2D eigenvalue weighted by molar-refractivity contribution is -0.432. The van der Waals surface area contributed by atoms with Gasteiger partial charge >= 0.3 is 0 Å². The van der Waals surface area contributed by atoms with E-state index in [1.165, 1.54) is 32.1 Å². The molecule has 1 N–H and O–H groups in total. The largest absolute Gasteiger partial charge is 0.487 e. The number of unbranched alkanes of at least 4 members (excludes halogenated alkanes) is 9. The van der Waals surface area contributed by atoms with Crippen molar-refractivity contribution in [1.82, 2.24) is 0 Å². The van der Waals surface area contributed by atoms with Gasteiger partial charge in [-0.2, -0.15) is 8.78 Å². The van der Waals surface area contributed by atoms with Crippen LogP contribution < -0.4 is 4.74 Å². The highest BCUT2D eigenvalue weighted by Gasteiger charge is 2.27. The van der Waals surface area contributed by atoms with Crippen LogP contribution in [0.4, 0.5) is 17.6 Å². The first-order chi connectivity index (χ1) is 13.0. The summed E-state index contributed by atoms with van der Waals surface area (Å²) in [6.07, 6.45) is 10.8. The van der Waals surface area contributed by atoms with E-state index in [-0.39, 0.29) is 18.6 Å². The SMILES string of the molecule is CCCCCCCCCCCCOc1c(F)c(F)c(SOOO)c(F)c1F. The predicted molar refractivity (Wildman–Crippen MR) is 94.3 cm³/mol. The van der Waals surface area contributed by atoms with Crippen molar-refractivity contribution >= 4 is 12.0 Å². The summed E-state index contributed by atoms with van der Waals surface area (Å²) >= 11 is -0.202. The number of hydrogen-bond donors (Lipinski definition) is 1. The minimum absolute atomic E-state index is 0.0496. The summed E-state index contributed by atoms with van der Waals surface area (Å²) in [6.45, 7) is 2.13. The van der Waals surface area contributed by atoms with Gasteiger partial charge in [0.1, 0.15) is 4.90 Å². The third kappa shape index (κ3) is 8.25. The first-order valence-electron chi connectivity index (χ1n) is 9.18. The number of halogens is 4. The third-order valence-corrected chi connectivity index (χ3v) is 4.73. The molecule has 0 fully saturated rings. The van der Waals surface area contributed by atoms with E-state index in [9.17, 15) is 17.6 Å². The molecule has 0 bridgehead atoms. The first kappa shape index (κ1) is 24.0. The van der Waals surface area contributed by atoms with Crippen molar-refractivity contribution in [3.05, 3.63) is 23.3 Å². The molecule has 0 aliphatic carbocycles. The molecule has 0 aliphatic rings. The minimum atomic E-state index is -1.69. The van der Waals surface area contributed by atoms with Gasteiger partial charge in [-0.3, -0.25) is 0 Å². The lowest BCUT2D eigenvalue weighted by atomic mass is 10.1. The number of rotatable bonds is 15. The molecule has 0 radical (unpaired) electrons. The van der Waals surface area contributed by atoms with Crippen molar-refractivity contribution in [2.75, 3.05) is 6.61 Å². The standard InChI is InChI=1S/C18H26F4O4S/c1-2-3-4-5-6-7-8-9-10-11-12-24-17-13(19)15(21)18(27-26-25-23)16(22)14(17)20/h23H,2-12H2,1H3. The molecule has 0 aliphatic heterocycles. The molecule has 4 nitrogen and oxygen atoms in total. The first-order valence-corrected chi connectivity index (χ1v) is 9.92. The Balaban J connectivity index is 2.34. The van der Waals surface area contributed by atoms with Crippen LogP contribution in [0.15, 0.2) is 4.90 Å². The van der Waals surface area contributed by atoms with E-state index in [2.05, 4.69) is 16.3 Å². The average Bonchev–Trinajstić information content (AvgIpc) is 2.67. The van der Waals surface area contributed by atoms with Gasteiger partial charge in [0.15, 0.2) is 17.4 Å². The molecular formula is C18H26F4O4S. The van der Waals surface area contributed by atoms with Gasteiger partial charge in [0.05, 0.1) is 18.6 Å². The van der Waals surface area contributed by atoms with Crippen LogP contribution in [0.5, 0.6) is 5.75 Å². The Labute approximate surface area is 161 Å². The summed E-state index contributed by atoms with van der Waals surface area (Å²) in [5.41, 5.74) is 0. The topological polar surface area (TPSA) is 47.9 Å². The third-order valence-electron chi connectivity index (χ3n) is 4.07. The van der Waals surface area contributed by atoms with Crippen LogP contribution in [0.1, 0.15) is 71.1 Å². The zero-order valence-electron chi connectivity index (χ0n) is 15.4. The van der Waals surface area contributed by atoms with Crippen molar-refractivity contribution < 1.29 is 36.9 Å². The maximum Gasteiger partial charge on any atom is 0.205 e. The Morgan fingerprint density at radius 3 is 1.70 bits per heavy atom. The number of hydrogen-bond acceptors (Lipinski definition) is 5. The molecule has 1 aromatic carbocycles. The van der Waals surface area contributed by atoms with Gasteiger partial charge < -0.3 is 4.74 Å². The quantitative estimate of drug-likeness (QED) is 0.0838. The van der Waals surface area contributed by atoms with Gasteiger partial charge in [-0.05, 0) is 6.42 Å². The van der Waals surface area contributed by atoms with Gasteiger partial charge in [0.25, 0.3) is 0 Å². The monoisotopic (exact) mass is 414 g/mol. The highest BCUT2D eigenvalue weighted by atomic mass is 32.2. The summed E-state index contributed by atoms with van der Waals surface area (Å²) < 4.78 is 63.9. The molecule has 0 saturated carbocycles. The van der Waals surface area contributed by atoms with E-state index in [1.54, 1.807) is 0 Å². The van der Waals surface area contributed by atoms with E-state index in [1.807, 2.05) is 0 Å². The highest BCUT2D eigenvalue weighted by molar-refractivity contribution is 7.94. The fraction of sp³-hybridized carbons (Fsp3) is 0.667. The molecule has 0 heterocycles. The Kier molecular flexibility index (Phi) is 12.5. The number of ether oxygens (including phenoxy) is 1. The minimum Gasteiger partial charge on any atom is -0.487 e. The van der Waals surface area contributed by atoms with Gasteiger partial charge in [0, 0.05) is 0 Å². The van der Waals surface area contributed by atoms with E-state index in [0.717, 1.165) is 25.7 Å². The fourth-order valence-electron chi connectivity index (χ4n) is 2.60. The van der Waals surface area contributed by atoms with Crippen molar-refractivity contribution in [2.24, 2.45) is 0 Å². The summed E-state index contributed by atoms with van der Waals surface area (Å²) in [4.78, 5) is -1.12. The normalized spacial score (nSPS) is 11.2. The Morgan fingerprint density at radius 2 is 1.22 bits per heavy atom. The maximum atomic E-state index is 13.9. The van der Waals surface area contributed by atoms with E-state index in [0.29, 0.717) is 6.42 Å². The van der Waals surface area contributed by atoms with Gasteiger partial charge in [-0.15, -0.1) is 4.33 Å². The molecule has 1 rings (SSSR count). The molecule has 0 saturated heterocycles. The Bertz CT molecular complexity index is 532. The van der Waals surface area contributed by atoms with Gasteiger partial charge in [-0.1, -0.05) is 69.7 Å². The van der Waals surface area contributed by atoms with E-state index >= 15 is 0 Å². The zero-order chi connectivity index (χ0) is 20.1. The molecule has 0 aromatic heterocycles. The maximum absolute atomic E-state index is 13.9. The average molecular weight is 414 g/mol. The summed E-state index contributed by atoms with van der Waals surface area (Å²) in [5, 5.41) is 11.1. The van der Waals surface area contributed by atoms with Crippen LogP contribution in [-0.2, 0) is 9.37 Å². The molecule has 0 spiro atoms. The smallest absolute Gasteiger partial charge is 0.205 e. The van der Waals surface area contributed by atoms with E-state index < -0.39 is 33.9 Å². The van der Waals surface area contributed by atoms with Crippen LogP contribution in [0.3, 0.4) is 0 Å². The van der Waals surface area contributed by atoms with Crippen LogP contribution in [0.2, 0.25) is 0 Å². The van der Waals surface area contributed by atoms with Gasteiger partial charge in [0.2, 0.25) is 11.6 Å². The van der Waals surface area contributed by atoms with Crippen molar-refractivity contribution in [1.29, 1.82) is 0 Å². The molecule has 0 atom stereocenters. The van der Waals surface area contributed by atoms with Crippen molar-refractivity contribution in [2.45, 2.75) is 76.0 Å². The summed E-state index contributed by atoms with van der Waals surface area (Å²) in [6, 6.07) is 0. The molecule has 9 heteroatoms. The Hall–Kier alpha value is -1.03. The highest BCUT2D eigenvalue weighted by Crippen LogP contribution is 2.35. The second-order valence-electron chi connectivity index (χ2n) is 6.17. The number of benzene rings is 1. The van der Waals surface area contributed by atoms with Gasteiger partial charge in [-0.25, -0.2) is 14.0 Å². The second-order valence-corrected chi connectivity index (χ2v) is 6.88. The van der Waals surface area contributed by atoms with Crippen molar-refractivity contribution in [3.8, 4) is 5.75 Å². The van der Waals surface area contributed by atoms with Crippen LogP contribution in [0.25, 0.3) is 0 Å². The molecule has 1 aromatic rings. The molecule has 27 heavy (non-hydrogen) atoms. The second kappa shape index (κ2) is 14.0. The van der Waals surface area contributed by atoms with Crippen molar-refractivity contribution in [3.63, 3.8) is 0 Å². The molecule has 0 unspecified atom stereocenters. The van der Waals surface area contributed by atoms with Crippen LogP contribution >= 0.6 is 12.0 Å². The summed E-state index contributed by atoms with van der Waals surface area (Å²) in [7, 11) is 0. The lowest BCUT2D eigenvalue weighted by Gasteiger charge is -2.12. The lowest BCUT2D eigenvalue weighted by Crippen LogP contribution is -2.07. The van der Waals surface area contributed by atoms with Crippen LogP contribution in [-0.4, -0.2) is 11.9 Å². The molecule has 0 amide bonds. The zero-order valence-corrected chi connectivity index (χ0v) is 16.2. The van der Waals surface area contributed by atoms with Crippen LogP contribution in [0, 0.1) is 23.3 Å².